The number of hydrogen-bond donors (Lipinski definition) is 1. The molecule has 2 aromatic carbocycles. The Balaban J connectivity index is 1.92. The van der Waals surface area contributed by atoms with Crippen molar-refractivity contribution in [3.8, 4) is 0 Å². The number of sulfonamides is 1. The van der Waals surface area contributed by atoms with E-state index in [2.05, 4.69) is 4.72 Å². The molecule has 0 aromatic heterocycles. The van der Waals surface area contributed by atoms with Crippen molar-refractivity contribution in [2.24, 2.45) is 0 Å². The lowest BCUT2D eigenvalue weighted by Crippen LogP contribution is -2.30. The molecule has 128 valence electrons. The van der Waals surface area contributed by atoms with Crippen LogP contribution in [-0.4, -0.2) is 20.9 Å². The maximum atomic E-state index is 13.5. The number of rotatable bonds is 6. The molecular formula is C15H12Cl2FNO4S. The summed E-state index contributed by atoms with van der Waals surface area (Å²) in [5.74, 6) is -1.48. The largest absolute Gasteiger partial charge is 0.460 e. The minimum atomic E-state index is -3.88. The molecule has 0 aliphatic heterocycles. The van der Waals surface area contributed by atoms with Crippen molar-refractivity contribution in [3.05, 3.63) is 63.9 Å². The predicted molar refractivity (Wildman–Crippen MR) is 87.8 cm³/mol. The normalized spacial score (nSPS) is 11.3. The van der Waals surface area contributed by atoms with Crippen molar-refractivity contribution in [3.63, 3.8) is 0 Å². The van der Waals surface area contributed by atoms with Crippen LogP contribution in [0.5, 0.6) is 0 Å². The third-order valence-electron chi connectivity index (χ3n) is 2.97. The van der Waals surface area contributed by atoms with Crippen LogP contribution in [0.1, 0.15) is 5.56 Å². The molecule has 1 N–H and O–H groups in total. The first kappa shape index (κ1) is 18.7. The van der Waals surface area contributed by atoms with Crippen LogP contribution in [0.3, 0.4) is 0 Å². The fourth-order valence-corrected chi connectivity index (χ4v) is 3.04. The summed E-state index contributed by atoms with van der Waals surface area (Å²) in [5.41, 5.74) is 0.0214. The van der Waals surface area contributed by atoms with Gasteiger partial charge in [-0.15, -0.1) is 0 Å². The number of halogens is 3. The molecular weight excluding hydrogens is 380 g/mol. The average molecular weight is 392 g/mol. The monoisotopic (exact) mass is 391 g/mol. The highest BCUT2D eigenvalue weighted by Gasteiger charge is 2.16. The first-order valence-corrected chi connectivity index (χ1v) is 8.87. The van der Waals surface area contributed by atoms with E-state index < -0.39 is 35.0 Å². The molecule has 5 nitrogen and oxygen atoms in total. The molecule has 0 bridgehead atoms. The molecule has 9 heteroatoms. The fourth-order valence-electron chi connectivity index (χ4n) is 1.72. The van der Waals surface area contributed by atoms with Crippen LogP contribution < -0.4 is 4.72 Å². The number of carbonyl (C=O) groups is 1. The zero-order valence-electron chi connectivity index (χ0n) is 12.1. The van der Waals surface area contributed by atoms with E-state index in [1.807, 2.05) is 0 Å². The fraction of sp³-hybridized carbons (Fsp3) is 0.133. The number of hydrogen-bond acceptors (Lipinski definition) is 4. The number of ether oxygens (including phenoxy) is 1. The molecule has 0 amide bonds. The molecule has 0 unspecified atom stereocenters. The second kappa shape index (κ2) is 7.94. The Labute approximate surface area is 148 Å². The second-order valence-corrected chi connectivity index (χ2v) is 7.25. The van der Waals surface area contributed by atoms with Gasteiger partial charge in [0.1, 0.15) is 19.0 Å². The highest BCUT2D eigenvalue weighted by molar-refractivity contribution is 7.89. The van der Waals surface area contributed by atoms with Crippen molar-refractivity contribution in [1.29, 1.82) is 0 Å². The summed E-state index contributed by atoms with van der Waals surface area (Å²) in [6.45, 7) is -0.996. The minimum Gasteiger partial charge on any atom is -0.460 e. The standard InChI is InChI=1S/C15H12Cl2FNO4S/c16-10-4-6-11(7-5-10)24(21,22)19-8-15(20)23-9-12-13(17)2-1-3-14(12)18/h1-7,19H,8-9H2. The van der Waals surface area contributed by atoms with Crippen molar-refractivity contribution >= 4 is 39.2 Å². The Morgan fingerprint density at radius 2 is 1.79 bits per heavy atom. The molecule has 0 saturated carbocycles. The molecule has 2 aromatic rings. The third-order valence-corrected chi connectivity index (χ3v) is 4.99. The molecule has 0 aliphatic rings. The van der Waals surface area contributed by atoms with Gasteiger partial charge >= 0.3 is 5.97 Å². The first-order valence-electron chi connectivity index (χ1n) is 6.63. The molecule has 0 radical (unpaired) electrons. The number of nitrogens with one attached hydrogen (secondary N) is 1. The molecule has 0 fully saturated rings. The van der Waals surface area contributed by atoms with Crippen LogP contribution in [0.25, 0.3) is 0 Å². The Morgan fingerprint density at radius 1 is 1.12 bits per heavy atom. The zero-order valence-corrected chi connectivity index (χ0v) is 14.5. The van der Waals surface area contributed by atoms with Gasteiger partial charge in [-0.25, -0.2) is 12.8 Å². The van der Waals surface area contributed by atoms with Crippen molar-refractivity contribution in [2.45, 2.75) is 11.5 Å². The summed E-state index contributed by atoms with van der Waals surface area (Å²) < 4.78 is 44.4. The first-order chi connectivity index (χ1) is 11.3. The van der Waals surface area contributed by atoms with Gasteiger partial charge < -0.3 is 4.74 Å². The Bertz CT molecular complexity index is 821. The van der Waals surface area contributed by atoms with E-state index in [-0.39, 0.29) is 15.5 Å². The summed E-state index contributed by atoms with van der Waals surface area (Å²) in [5, 5.41) is 0.500. The van der Waals surface area contributed by atoms with Gasteiger partial charge in [0.2, 0.25) is 10.0 Å². The van der Waals surface area contributed by atoms with Gasteiger partial charge in [0.15, 0.2) is 0 Å². The summed E-state index contributed by atoms with van der Waals surface area (Å²) in [6, 6.07) is 9.48. The highest BCUT2D eigenvalue weighted by Crippen LogP contribution is 2.19. The van der Waals surface area contributed by atoms with Crippen LogP contribution in [-0.2, 0) is 26.2 Å². The molecule has 0 saturated heterocycles. The lowest BCUT2D eigenvalue weighted by molar-refractivity contribution is -0.143. The smallest absolute Gasteiger partial charge is 0.321 e. The Kier molecular flexibility index (Phi) is 6.17. The van der Waals surface area contributed by atoms with Gasteiger partial charge in [-0.3, -0.25) is 4.79 Å². The minimum absolute atomic E-state index is 0.0214. The topological polar surface area (TPSA) is 72.5 Å². The van der Waals surface area contributed by atoms with Crippen LogP contribution in [0.4, 0.5) is 4.39 Å². The van der Waals surface area contributed by atoms with E-state index in [1.165, 1.54) is 42.5 Å². The summed E-state index contributed by atoms with van der Waals surface area (Å²) >= 11 is 11.5. The molecule has 0 aliphatic carbocycles. The lowest BCUT2D eigenvalue weighted by atomic mass is 10.2. The third kappa shape index (κ3) is 4.91. The molecule has 0 spiro atoms. The van der Waals surface area contributed by atoms with Crippen LogP contribution in [0.15, 0.2) is 47.4 Å². The second-order valence-electron chi connectivity index (χ2n) is 4.64. The van der Waals surface area contributed by atoms with Gasteiger partial charge in [0.25, 0.3) is 0 Å². The van der Waals surface area contributed by atoms with E-state index in [0.29, 0.717) is 5.02 Å². The SMILES string of the molecule is O=C(CNS(=O)(=O)c1ccc(Cl)cc1)OCc1c(F)cccc1Cl. The number of benzene rings is 2. The van der Waals surface area contributed by atoms with Crippen molar-refractivity contribution < 1.29 is 22.3 Å². The van der Waals surface area contributed by atoms with Gasteiger partial charge in [-0.1, -0.05) is 29.3 Å². The van der Waals surface area contributed by atoms with Gasteiger partial charge in [0, 0.05) is 10.6 Å². The van der Waals surface area contributed by atoms with E-state index in [9.17, 15) is 17.6 Å². The van der Waals surface area contributed by atoms with Crippen LogP contribution in [0, 0.1) is 5.82 Å². The summed E-state index contributed by atoms with van der Waals surface area (Å²) in [6.07, 6.45) is 0. The maximum Gasteiger partial charge on any atom is 0.321 e. The summed E-state index contributed by atoms with van der Waals surface area (Å²) in [7, 11) is -3.88. The van der Waals surface area contributed by atoms with Crippen LogP contribution >= 0.6 is 23.2 Å². The molecule has 2 rings (SSSR count). The zero-order chi connectivity index (χ0) is 17.7. The van der Waals surface area contributed by atoms with E-state index in [1.54, 1.807) is 0 Å². The van der Waals surface area contributed by atoms with Crippen molar-refractivity contribution in [1.82, 2.24) is 4.72 Å². The molecule has 0 heterocycles. The highest BCUT2D eigenvalue weighted by atomic mass is 35.5. The predicted octanol–water partition coefficient (Wildman–Crippen LogP) is 3.15. The Morgan fingerprint density at radius 3 is 2.42 bits per heavy atom. The van der Waals surface area contributed by atoms with Gasteiger partial charge in [0.05, 0.1) is 9.92 Å². The quantitative estimate of drug-likeness (QED) is 0.767. The molecule has 24 heavy (non-hydrogen) atoms. The maximum absolute atomic E-state index is 13.5. The number of esters is 1. The summed E-state index contributed by atoms with van der Waals surface area (Å²) in [4.78, 5) is 11.6. The van der Waals surface area contributed by atoms with Crippen LogP contribution in [0.2, 0.25) is 10.0 Å². The average Bonchev–Trinajstić information content (AvgIpc) is 2.53. The van der Waals surface area contributed by atoms with E-state index in [0.717, 1.165) is 0 Å². The van der Waals surface area contributed by atoms with Gasteiger partial charge in [-0.05, 0) is 36.4 Å². The molecule has 0 atom stereocenters. The number of carbonyl (C=O) groups excluding carboxylic acids is 1. The van der Waals surface area contributed by atoms with E-state index >= 15 is 0 Å². The van der Waals surface area contributed by atoms with Gasteiger partial charge in [-0.2, -0.15) is 4.72 Å². The van der Waals surface area contributed by atoms with E-state index in [4.69, 9.17) is 27.9 Å². The Hall–Kier alpha value is -1.67. The lowest BCUT2D eigenvalue weighted by Gasteiger charge is -2.09. The van der Waals surface area contributed by atoms with Crippen molar-refractivity contribution in [2.75, 3.05) is 6.54 Å².